The van der Waals surface area contributed by atoms with E-state index < -0.39 is 32.6 Å². The van der Waals surface area contributed by atoms with Crippen molar-refractivity contribution in [2.75, 3.05) is 26.2 Å². The van der Waals surface area contributed by atoms with Gasteiger partial charge in [0.2, 0.25) is 15.9 Å². The van der Waals surface area contributed by atoms with Crippen LogP contribution in [0.2, 0.25) is 0 Å². The van der Waals surface area contributed by atoms with Gasteiger partial charge in [-0.1, -0.05) is 12.1 Å². The van der Waals surface area contributed by atoms with Gasteiger partial charge in [0.25, 0.3) is 5.91 Å². The number of sulfonamides is 1. The molecule has 2 aliphatic heterocycles. The van der Waals surface area contributed by atoms with Crippen LogP contribution in [0.5, 0.6) is 0 Å². The summed E-state index contributed by atoms with van der Waals surface area (Å²) in [7, 11) is -4.37. The van der Waals surface area contributed by atoms with Crippen LogP contribution in [-0.4, -0.2) is 61.3 Å². The zero-order valence-electron chi connectivity index (χ0n) is 14.6. The van der Waals surface area contributed by atoms with Gasteiger partial charge >= 0.3 is 6.18 Å². The second-order valence-corrected chi connectivity index (χ2v) is 8.19. The van der Waals surface area contributed by atoms with Crippen molar-refractivity contribution in [2.24, 2.45) is 5.10 Å². The summed E-state index contributed by atoms with van der Waals surface area (Å²) >= 11 is 0. The zero-order chi connectivity index (χ0) is 20.5. The zero-order valence-corrected chi connectivity index (χ0v) is 15.4. The highest BCUT2D eigenvalue weighted by molar-refractivity contribution is 7.89. The molecule has 1 aromatic carbocycles. The standard InChI is InChI=1S/C16H17F3N4O4S/c17-16(18,19)11-3-1-2-4-13(11)28(26,27)23-9-7-22(8-10-23)15(25)12-5-6-14(24)21-20-12/h1-4H,5-10H2,(H,21,24). The molecule has 3 rings (SSSR count). The third kappa shape index (κ3) is 4.02. The summed E-state index contributed by atoms with van der Waals surface area (Å²) in [6.45, 7) is -0.252. The predicted molar refractivity (Wildman–Crippen MR) is 91.6 cm³/mol. The molecule has 1 N–H and O–H groups in total. The average Bonchev–Trinajstić information content (AvgIpc) is 2.67. The van der Waals surface area contributed by atoms with Crippen molar-refractivity contribution < 1.29 is 31.2 Å². The molecule has 0 atom stereocenters. The van der Waals surface area contributed by atoms with Gasteiger partial charge in [0.05, 0.1) is 10.5 Å². The van der Waals surface area contributed by atoms with Crippen molar-refractivity contribution in [3.63, 3.8) is 0 Å². The minimum atomic E-state index is -4.80. The molecule has 12 heteroatoms. The molecule has 0 aliphatic carbocycles. The number of carbonyl (C=O) groups excluding carboxylic acids is 2. The van der Waals surface area contributed by atoms with Gasteiger partial charge in [-0.05, 0) is 12.1 Å². The summed E-state index contributed by atoms with van der Waals surface area (Å²) in [4.78, 5) is 24.1. The van der Waals surface area contributed by atoms with Gasteiger partial charge in [-0.15, -0.1) is 0 Å². The minimum absolute atomic E-state index is 0.0131. The number of benzene rings is 1. The lowest BCUT2D eigenvalue weighted by atomic mass is 10.1. The van der Waals surface area contributed by atoms with E-state index in [-0.39, 0.29) is 50.6 Å². The lowest BCUT2D eigenvalue weighted by molar-refractivity contribution is -0.140. The summed E-state index contributed by atoms with van der Waals surface area (Å²) in [5.41, 5.74) is 1.16. The Balaban J connectivity index is 1.73. The molecule has 0 radical (unpaired) electrons. The third-order valence-corrected chi connectivity index (χ3v) is 6.44. The first kappa shape index (κ1) is 20.3. The molecular formula is C16H17F3N4O4S. The molecule has 0 saturated carbocycles. The molecule has 0 spiro atoms. The molecule has 1 fully saturated rings. The Hall–Kier alpha value is -2.47. The van der Waals surface area contributed by atoms with E-state index in [1.54, 1.807) is 0 Å². The maximum atomic E-state index is 13.2. The van der Waals surface area contributed by atoms with Crippen molar-refractivity contribution >= 4 is 27.5 Å². The normalized spacial score (nSPS) is 19.2. The minimum Gasteiger partial charge on any atom is -0.335 e. The van der Waals surface area contributed by atoms with Crippen molar-refractivity contribution in [3.05, 3.63) is 29.8 Å². The van der Waals surface area contributed by atoms with Crippen molar-refractivity contribution in [2.45, 2.75) is 23.9 Å². The number of carbonyl (C=O) groups is 2. The molecule has 28 heavy (non-hydrogen) atoms. The Morgan fingerprint density at radius 2 is 1.71 bits per heavy atom. The number of hydrazone groups is 1. The fourth-order valence-electron chi connectivity index (χ4n) is 3.01. The molecule has 0 unspecified atom stereocenters. The van der Waals surface area contributed by atoms with Crippen LogP contribution in [-0.2, 0) is 25.8 Å². The number of hydrogen-bond donors (Lipinski definition) is 1. The molecule has 2 amide bonds. The lowest BCUT2D eigenvalue weighted by Crippen LogP contribution is -2.52. The van der Waals surface area contributed by atoms with E-state index in [2.05, 4.69) is 10.5 Å². The Morgan fingerprint density at radius 1 is 1.07 bits per heavy atom. The van der Waals surface area contributed by atoms with Gasteiger partial charge in [-0.2, -0.15) is 22.6 Å². The second kappa shape index (κ2) is 7.51. The molecule has 2 aliphatic rings. The van der Waals surface area contributed by atoms with E-state index in [1.807, 2.05) is 0 Å². The summed E-state index contributed by atoms with van der Waals surface area (Å²) in [6.07, 6.45) is -4.49. The van der Waals surface area contributed by atoms with Gasteiger partial charge in [-0.3, -0.25) is 9.59 Å². The predicted octanol–water partition coefficient (Wildman–Crippen LogP) is 0.804. The van der Waals surface area contributed by atoms with Crippen LogP contribution in [0.3, 0.4) is 0 Å². The summed E-state index contributed by atoms with van der Waals surface area (Å²) in [5, 5.41) is 3.71. The van der Waals surface area contributed by atoms with Crippen molar-refractivity contribution in [1.82, 2.24) is 14.6 Å². The number of hydrogen-bond acceptors (Lipinski definition) is 5. The van der Waals surface area contributed by atoms with Crippen LogP contribution in [0, 0.1) is 0 Å². The van der Waals surface area contributed by atoms with Gasteiger partial charge < -0.3 is 4.90 Å². The Morgan fingerprint density at radius 3 is 2.29 bits per heavy atom. The van der Waals surface area contributed by atoms with E-state index in [4.69, 9.17) is 0 Å². The fraction of sp³-hybridized carbons (Fsp3) is 0.438. The highest BCUT2D eigenvalue weighted by Gasteiger charge is 2.40. The number of halogens is 3. The summed E-state index contributed by atoms with van der Waals surface area (Å²) in [5.74, 6) is -0.719. The van der Waals surface area contributed by atoms with Crippen LogP contribution in [0.1, 0.15) is 18.4 Å². The molecule has 8 nitrogen and oxygen atoms in total. The van der Waals surface area contributed by atoms with E-state index >= 15 is 0 Å². The van der Waals surface area contributed by atoms with Crippen LogP contribution < -0.4 is 5.43 Å². The Labute approximate surface area is 159 Å². The first-order valence-electron chi connectivity index (χ1n) is 8.42. The highest BCUT2D eigenvalue weighted by Crippen LogP contribution is 2.35. The summed E-state index contributed by atoms with van der Waals surface area (Å²) < 4.78 is 65.9. The molecule has 0 bridgehead atoms. The summed E-state index contributed by atoms with van der Waals surface area (Å²) in [6, 6.07) is 4.01. The molecule has 2 heterocycles. The van der Waals surface area contributed by atoms with Gasteiger partial charge in [-0.25, -0.2) is 13.8 Å². The SMILES string of the molecule is O=C1CCC(C(=O)N2CCN(S(=O)(=O)c3ccccc3C(F)(F)F)CC2)=NN1. The third-order valence-electron chi connectivity index (χ3n) is 4.49. The largest absolute Gasteiger partial charge is 0.417 e. The van der Waals surface area contributed by atoms with E-state index in [1.165, 1.54) is 11.0 Å². The first-order chi connectivity index (χ1) is 13.1. The van der Waals surface area contributed by atoms with E-state index in [9.17, 15) is 31.2 Å². The van der Waals surface area contributed by atoms with Gasteiger partial charge in [0.1, 0.15) is 5.71 Å². The van der Waals surface area contributed by atoms with Crippen LogP contribution in [0.4, 0.5) is 13.2 Å². The number of nitrogens with one attached hydrogen (secondary N) is 1. The highest BCUT2D eigenvalue weighted by atomic mass is 32.2. The maximum absolute atomic E-state index is 13.2. The average molecular weight is 418 g/mol. The van der Waals surface area contributed by atoms with Crippen molar-refractivity contribution in [1.29, 1.82) is 0 Å². The maximum Gasteiger partial charge on any atom is 0.417 e. The molecule has 0 aromatic heterocycles. The van der Waals surface area contributed by atoms with E-state index in [0.717, 1.165) is 22.5 Å². The lowest BCUT2D eigenvalue weighted by Gasteiger charge is -2.34. The van der Waals surface area contributed by atoms with Gasteiger partial charge in [0, 0.05) is 39.0 Å². The van der Waals surface area contributed by atoms with Gasteiger partial charge in [0.15, 0.2) is 0 Å². The Kier molecular flexibility index (Phi) is 5.44. The van der Waals surface area contributed by atoms with Crippen LogP contribution >= 0.6 is 0 Å². The number of amides is 2. The topological polar surface area (TPSA) is 99.2 Å². The number of rotatable bonds is 3. The van der Waals surface area contributed by atoms with E-state index in [0.29, 0.717) is 0 Å². The Bertz CT molecular complexity index is 922. The number of alkyl halides is 3. The van der Waals surface area contributed by atoms with Crippen molar-refractivity contribution in [3.8, 4) is 0 Å². The fourth-order valence-corrected chi connectivity index (χ4v) is 4.64. The smallest absolute Gasteiger partial charge is 0.335 e. The van der Waals surface area contributed by atoms with Crippen LogP contribution in [0.25, 0.3) is 0 Å². The number of piperazine rings is 1. The quantitative estimate of drug-likeness (QED) is 0.785. The monoisotopic (exact) mass is 418 g/mol. The molecule has 152 valence electrons. The molecule has 1 saturated heterocycles. The number of nitrogens with zero attached hydrogens (tertiary/aromatic N) is 3. The van der Waals surface area contributed by atoms with Crippen LogP contribution in [0.15, 0.2) is 34.3 Å². The second-order valence-electron chi connectivity index (χ2n) is 6.28. The first-order valence-corrected chi connectivity index (χ1v) is 9.86. The molecule has 1 aromatic rings. The molecular weight excluding hydrogens is 401 g/mol.